The lowest BCUT2D eigenvalue weighted by Gasteiger charge is -2.09. The van der Waals surface area contributed by atoms with Gasteiger partial charge in [0, 0.05) is 33.6 Å². The Labute approximate surface area is 162 Å². The first-order valence-corrected chi connectivity index (χ1v) is 9.31. The van der Waals surface area contributed by atoms with Crippen molar-refractivity contribution in [3.63, 3.8) is 0 Å². The molecule has 0 radical (unpaired) electrons. The maximum Gasteiger partial charge on any atom is 0.441 e. The summed E-state index contributed by atoms with van der Waals surface area (Å²) in [6.07, 6.45) is 1.91. The molecule has 1 heterocycles. The molecule has 142 valence electrons. The first-order valence-electron chi connectivity index (χ1n) is 7.94. The first kappa shape index (κ1) is 19.4. The summed E-state index contributed by atoms with van der Waals surface area (Å²) in [5, 5.41) is 6.74. The van der Waals surface area contributed by atoms with Crippen LogP contribution in [0.5, 0.6) is 0 Å². The summed E-state index contributed by atoms with van der Waals surface area (Å²) in [7, 11) is 0. The van der Waals surface area contributed by atoms with E-state index in [-0.39, 0.29) is 23.9 Å². The van der Waals surface area contributed by atoms with E-state index in [0.717, 1.165) is 10.9 Å². The molecule has 0 atom stereocenters. The largest absolute Gasteiger partial charge is 0.441 e. The molecule has 3 aromatic rings. The average Bonchev–Trinajstić information content (AvgIpc) is 2.96. The van der Waals surface area contributed by atoms with E-state index < -0.39 is 11.5 Å². The van der Waals surface area contributed by atoms with Gasteiger partial charge in [-0.2, -0.15) is 13.2 Å². The van der Waals surface area contributed by atoms with Gasteiger partial charge in [-0.05, 0) is 42.3 Å². The number of aryl methyl sites for hydroxylation is 1. The van der Waals surface area contributed by atoms with Gasteiger partial charge in [0.2, 0.25) is 0 Å². The Hall–Kier alpha value is -2.32. The van der Waals surface area contributed by atoms with Gasteiger partial charge in [0.15, 0.2) is 0 Å². The van der Waals surface area contributed by atoms with Crippen molar-refractivity contribution in [2.75, 3.05) is 16.4 Å². The summed E-state index contributed by atoms with van der Waals surface area (Å²) in [6, 6.07) is 11.6. The van der Waals surface area contributed by atoms with Crippen molar-refractivity contribution < 1.29 is 18.0 Å². The summed E-state index contributed by atoms with van der Waals surface area (Å²) in [6.45, 7) is 0. The molecule has 9 heteroatoms. The van der Waals surface area contributed by atoms with Gasteiger partial charge in [0.05, 0.1) is 5.69 Å². The maximum absolute atomic E-state index is 12.2. The van der Waals surface area contributed by atoms with Gasteiger partial charge in [0.1, 0.15) is 0 Å². The number of benzene rings is 2. The molecule has 2 amide bonds. The fourth-order valence-corrected chi connectivity index (χ4v) is 3.31. The van der Waals surface area contributed by atoms with Crippen molar-refractivity contribution in [3.05, 3.63) is 59.2 Å². The summed E-state index contributed by atoms with van der Waals surface area (Å²) in [5.41, 5.74) is -1.62. The van der Waals surface area contributed by atoms with Crippen LogP contribution in [0.4, 0.5) is 29.3 Å². The van der Waals surface area contributed by atoms with E-state index in [0.29, 0.717) is 22.0 Å². The van der Waals surface area contributed by atoms with Crippen LogP contribution in [-0.4, -0.2) is 22.3 Å². The first-order chi connectivity index (χ1) is 12.8. The zero-order valence-electron chi connectivity index (χ0n) is 13.9. The number of fused-ring (bicyclic) bond motifs is 1. The molecular formula is C18H15ClF3N3OS. The molecule has 0 saturated heterocycles. The predicted octanol–water partition coefficient (Wildman–Crippen LogP) is 6.26. The summed E-state index contributed by atoms with van der Waals surface area (Å²) in [4.78, 5) is 15.3. The molecule has 0 aliphatic carbocycles. The minimum atomic E-state index is -4.24. The van der Waals surface area contributed by atoms with Crippen molar-refractivity contribution >= 4 is 51.7 Å². The zero-order chi connectivity index (χ0) is 19.4. The number of aromatic nitrogens is 1. The Balaban J connectivity index is 1.62. The molecule has 3 rings (SSSR count). The lowest BCUT2D eigenvalue weighted by atomic mass is 10.1. The molecular weight excluding hydrogens is 399 g/mol. The van der Waals surface area contributed by atoms with Crippen molar-refractivity contribution in [1.29, 1.82) is 0 Å². The van der Waals surface area contributed by atoms with Gasteiger partial charge in [-0.15, -0.1) is 0 Å². The minimum absolute atomic E-state index is 0.0608. The summed E-state index contributed by atoms with van der Waals surface area (Å²) in [5.74, 6) is -0.0742. The SMILES string of the molecule is O=C(Nc1cccc(CCSC(F)(F)F)c1)Nc1c[nH]c2ccc(Cl)cc12. The lowest BCUT2D eigenvalue weighted by molar-refractivity contribution is -0.0327. The van der Waals surface area contributed by atoms with E-state index in [2.05, 4.69) is 15.6 Å². The van der Waals surface area contributed by atoms with Crippen LogP contribution < -0.4 is 10.6 Å². The number of aromatic amines is 1. The number of thioether (sulfide) groups is 1. The molecule has 2 aromatic carbocycles. The number of H-pyrrole nitrogens is 1. The van der Waals surface area contributed by atoms with E-state index in [1.54, 1.807) is 42.6 Å². The van der Waals surface area contributed by atoms with Crippen molar-refractivity contribution in [2.24, 2.45) is 0 Å². The number of halogens is 4. The summed E-state index contributed by atoms with van der Waals surface area (Å²) >= 11 is 5.93. The van der Waals surface area contributed by atoms with E-state index in [1.165, 1.54) is 0 Å². The monoisotopic (exact) mass is 413 g/mol. The van der Waals surface area contributed by atoms with E-state index in [4.69, 9.17) is 11.6 Å². The van der Waals surface area contributed by atoms with Gasteiger partial charge >= 0.3 is 11.5 Å². The number of carbonyl (C=O) groups is 1. The highest BCUT2D eigenvalue weighted by atomic mass is 35.5. The van der Waals surface area contributed by atoms with Gasteiger partial charge in [0.25, 0.3) is 0 Å². The van der Waals surface area contributed by atoms with Crippen LogP contribution >= 0.6 is 23.4 Å². The third-order valence-corrected chi connectivity index (χ3v) is 4.70. The number of anilines is 2. The molecule has 0 unspecified atom stereocenters. The fraction of sp³-hybridized carbons (Fsp3) is 0.167. The molecule has 1 aromatic heterocycles. The third-order valence-electron chi connectivity index (χ3n) is 3.73. The number of rotatable bonds is 5. The second-order valence-electron chi connectivity index (χ2n) is 5.72. The number of urea groups is 1. The number of hydrogen-bond donors (Lipinski definition) is 3. The van der Waals surface area contributed by atoms with Gasteiger partial charge in [-0.25, -0.2) is 4.79 Å². The molecule has 0 bridgehead atoms. The van der Waals surface area contributed by atoms with E-state index in [9.17, 15) is 18.0 Å². The van der Waals surface area contributed by atoms with E-state index in [1.807, 2.05) is 6.07 Å². The summed E-state index contributed by atoms with van der Waals surface area (Å²) < 4.78 is 36.6. The Bertz CT molecular complexity index is 958. The van der Waals surface area contributed by atoms with Crippen LogP contribution in [-0.2, 0) is 6.42 Å². The fourth-order valence-electron chi connectivity index (χ4n) is 2.57. The highest BCUT2D eigenvalue weighted by molar-refractivity contribution is 8.00. The minimum Gasteiger partial charge on any atom is -0.359 e. The predicted molar refractivity (Wildman–Crippen MR) is 105 cm³/mol. The molecule has 0 aliphatic rings. The van der Waals surface area contributed by atoms with Crippen LogP contribution in [0.25, 0.3) is 10.9 Å². The quantitative estimate of drug-likeness (QED) is 0.462. The Kier molecular flexibility index (Phi) is 5.86. The number of nitrogens with one attached hydrogen (secondary N) is 3. The standard InChI is InChI=1S/C18H15ClF3N3OS/c19-12-4-5-15-14(9-12)16(10-23-15)25-17(26)24-13-3-1-2-11(8-13)6-7-27-18(20,21)22/h1-5,8-10,23H,6-7H2,(H2,24,25,26). The van der Waals surface area contributed by atoms with Crippen LogP contribution in [0, 0.1) is 0 Å². The highest BCUT2D eigenvalue weighted by Crippen LogP contribution is 2.30. The number of hydrogen-bond acceptors (Lipinski definition) is 2. The number of carbonyl (C=O) groups excluding carboxylic acids is 1. The maximum atomic E-state index is 12.2. The van der Waals surface area contributed by atoms with Gasteiger partial charge in [-0.1, -0.05) is 35.5 Å². The van der Waals surface area contributed by atoms with Crippen molar-refractivity contribution in [3.8, 4) is 0 Å². The molecule has 4 nitrogen and oxygen atoms in total. The molecule has 3 N–H and O–H groups in total. The van der Waals surface area contributed by atoms with Crippen molar-refractivity contribution in [1.82, 2.24) is 4.98 Å². The molecule has 27 heavy (non-hydrogen) atoms. The Morgan fingerprint density at radius 1 is 1.15 bits per heavy atom. The third kappa shape index (κ3) is 5.58. The topological polar surface area (TPSA) is 56.9 Å². The molecule has 0 spiro atoms. The van der Waals surface area contributed by atoms with Gasteiger partial charge in [-0.3, -0.25) is 0 Å². The Morgan fingerprint density at radius 3 is 2.74 bits per heavy atom. The van der Waals surface area contributed by atoms with Crippen LogP contribution in [0.1, 0.15) is 5.56 Å². The molecule has 0 aliphatic heterocycles. The van der Waals surface area contributed by atoms with Crippen LogP contribution in [0.15, 0.2) is 48.7 Å². The lowest BCUT2D eigenvalue weighted by Crippen LogP contribution is -2.19. The molecule has 0 saturated carbocycles. The molecule has 0 fully saturated rings. The zero-order valence-corrected chi connectivity index (χ0v) is 15.4. The Morgan fingerprint density at radius 2 is 1.96 bits per heavy atom. The van der Waals surface area contributed by atoms with Gasteiger partial charge < -0.3 is 15.6 Å². The van der Waals surface area contributed by atoms with Crippen molar-refractivity contribution in [2.45, 2.75) is 11.9 Å². The number of amides is 2. The highest BCUT2D eigenvalue weighted by Gasteiger charge is 2.27. The van der Waals surface area contributed by atoms with Crippen LogP contribution in [0.3, 0.4) is 0 Å². The number of alkyl halides is 3. The second kappa shape index (κ2) is 8.14. The second-order valence-corrected chi connectivity index (χ2v) is 7.31. The van der Waals surface area contributed by atoms with E-state index >= 15 is 0 Å². The normalized spacial score (nSPS) is 11.6. The smallest absolute Gasteiger partial charge is 0.359 e. The van der Waals surface area contributed by atoms with Crippen LogP contribution in [0.2, 0.25) is 5.02 Å². The average molecular weight is 414 g/mol.